The van der Waals surface area contributed by atoms with Gasteiger partial charge in [0, 0.05) is 11.1 Å². The Labute approximate surface area is 126 Å². The molecule has 110 valence electrons. The summed E-state index contributed by atoms with van der Waals surface area (Å²) < 4.78 is 32.8. The Morgan fingerprint density at radius 1 is 1.50 bits per heavy atom. The van der Waals surface area contributed by atoms with Crippen LogP contribution >= 0.6 is 22.7 Å². The summed E-state index contributed by atoms with van der Waals surface area (Å²) in [5.74, 6) is 0.368. The maximum absolute atomic E-state index is 12.4. The second-order valence-corrected chi connectivity index (χ2v) is 8.26. The Morgan fingerprint density at radius 2 is 2.25 bits per heavy atom. The van der Waals surface area contributed by atoms with Crippen LogP contribution in [0.3, 0.4) is 0 Å². The normalized spacial score (nSPS) is 13.3. The summed E-state index contributed by atoms with van der Waals surface area (Å²) in [6.45, 7) is 3.88. The van der Waals surface area contributed by atoms with Crippen LogP contribution in [-0.2, 0) is 10.0 Å². The van der Waals surface area contributed by atoms with Crippen LogP contribution in [0.15, 0.2) is 21.9 Å². The maximum atomic E-state index is 12.4. The molecule has 2 heterocycles. The van der Waals surface area contributed by atoms with Gasteiger partial charge in [0.25, 0.3) is 10.0 Å². The summed E-state index contributed by atoms with van der Waals surface area (Å²) >= 11 is 2.64. The molecular formula is C12H16N2O3S3. The van der Waals surface area contributed by atoms with Crippen molar-refractivity contribution in [3.63, 3.8) is 0 Å². The Morgan fingerprint density at radius 3 is 2.80 bits per heavy atom. The standard InChI is InChI=1S/C12H16N2O3S3/c1-4-9(11-13-7-8(2)19-11)14-20(15,16)12-10(17-3)5-6-18-12/h5-7,9,14H,4H2,1-3H3. The van der Waals surface area contributed by atoms with Gasteiger partial charge in [-0.25, -0.2) is 18.1 Å². The lowest BCUT2D eigenvalue weighted by Crippen LogP contribution is -2.28. The summed E-state index contributed by atoms with van der Waals surface area (Å²) in [5.41, 5.74) is 0. The number of thiophene rings is 1. The molecule has 0 bridgehead atoms. The third-order valence-electron chi connectivity index (χ3n) is 2.70. The van der Waals surface area contributed by atoms with Crippen molar-refractivity contribution in [1.29, 1.82) is 0 Å². The van der Waals surface area contributed by atoms with E-state index in [-0.39, 0.29) is 10.3 Å². The zero-order valence-corrected chi connectivity index (χ0v) is 13.9. The van der Waals surface area contributed by atoms with Gasteiger partial charge in [0.05, 0.1) is 13.2 Å². The topological polar surface area (TPSA) is 68.3 Å². The quantitative estimate of drug-likeness (QED) is 0.883. The van der Waals surface area contributed by atoms with Gasteiger partial charge in [-0.05, 0) is 24.8 Å². The van der Waals surface area contributed by atoms with Crippen LogP contribution in [0.5, 0.6) is 5.75 Å². The molecule has 0 aromatic carbocycles. The molecule has 0 aliphatic rings. The lowest BCUT2D eigenvalue weighted by Gasteiger charge is -2.14. The Balaban J connectivity index is 2.27. The molecule has 0 spiro atoms. The van der Waals surface area contributed by atoms with E-state index in [2.05, 4.69) is 9.71 Å². The van der Waals surface area contributed by atoms with Gasteiger partial charge in [-0.2, -0.15) is 0 Å². The molecular weight excluding hydrogens is 316 g/mol. The first-order chi connectivity index (χ1) is 9.47. The average molecular weight is 332 g/mol. The summed E-state index contributed by atoms with van der Waals surface area (Å²) in [5, 5.41) is 2.48. The minimum atomic E-state index is -3.60. The summed E-state index contributed by atoms with van der Waals surface area (Å²) in [7, 11) is -2.14. The molecule has 1 unspecified atom stereocenters. The van der Waals surface area contributed by atoms with Crippen LogP contribution in [0, 0.1) is 6.92 Å². The third kappa shape index (κ3) is 3.20. The van der Waals surface area contributed by atoms with Crippen molar-refractivity contribution in [1.82, 2.24) is 9.71 Å². The molecule has 0 radical (unpaired) electrons. The highest BCUT2D eigenvalue weighted by Gasteiger charge is 2.26. The fourth-order valence-corrected chi connectivity index (χ4v) is 5.27. The fourth-order valence-electron chi connectivity index (χ4n) is 1.71. The number of hydrogen-bond donors (Lipinski definition) is 1. The third-order valence-corrected chi connectivity index (χ3v) is 6.65. The number of nitrogens with one attached hydrogen (secondary N) is 1. The van der Waals surface area contributed by atoms with Crippen molar-refractivity contribution in [2.24, 2.45) is 0 Å². The highest BCUT2D eigenvalue weighted by molar-refractivity contribution is 7.91. The highest BCUT2D eigenvalue weighted by atomic mass is 32.2. The van der Waals surface area contributed by atoms with Gasteiger partial charge in [-0.1, -0.05) is 6.92 Å². The van der Waals surface area contributed by atoms with E-state index >= 15 is 0 Å². The van der Waals surface area contributed by atoms with Gasteiger partial charge in [0.2, 0.25) is 0 Å². The number of aromatic nitrogens is 1. The van der Waals surface area contributed by atoms with E-state index < -0.39 is 10.0 Å². The number of rotatable bonds is 6. The Bertz CT molecular complexity index is 676. The number of sulfonamides is 1. The first-order valence-electron chi connectivity index (χ1n) is 6.04. The van der Waals surface area contributed by atoms with Gasteiger partial charge < -0.3 is 4.74 Å². The molecule has 1 N–H and O–H groups in total. The zero-order chi connectivity index (χ0) is 14.8. The first kappa shape index (κ1) is 15.4. The molecule has 0 amide bonds. The van der Waals surface area contributed by atoms with Crippen LogP contribution in [0.1, 0.15) is 29.3 Å². The molecule has 0 aliphatic heterocycles. The first-order valence-corrected chi connectivity index (χ1v) is 9.22. The zero-order valence-electron chi connectivity index (χ0n) is 11.4. The molecule has 2 aromatic rings. The molecule has 5 nitrogen and oxygen atoms in total. The van der Waals surface area contributed by atoms with Gasteiger partial charge in [0.15, 0.2) is 4.21 Å². The second-order valence-electron chi connectivity index (χ2n) is 4.17. The predicted molar refractivity (Wildman–Crippen MR) is 81.1 cm³/mol. The maximum Gasteiger partial charge on any atom is 0.254 e. The summed E-state index contributed by atoms with van der Waals surface area (Å²) in [6, 6.07) is 1.33. The molecule has 0 saturated carbocycles. The number of methoxy groups -OCH3 is 1. The van der Waals surface area contributed by atoms with Crippen molar-refractivity contribution >= 4 is 32.7 Å². The van der Waals surface area contributed by atoms with Crippen molar-refractivity contribution in [2.45, 2.75) is 30.5 Å². The van der Waals surface area contributed by atoms with Crippen molar-refractivity contribution in [2.75, 3.05) is 7.11 Å². The van der Waals surface area contributed by atoms with Crippen molar-refractivity contribution in [3.8, 4) is 5.75 Å². The van der Waals surface area contributed by atoms with Gasteiger partial charge in [0.1, 0.15) is 10.8 Å². The Kier molecular flexibility index (Phi) is 4.79. The van der Waals surface area contributed by atoms with Gasteiger partial charge >= 0.3 is 0 Å². The van der Waals surface area contributed by atoms with E-state index in [4.69, 9.17) is 4.74 Å². The fraction of sp³-hybridized carbons (Fsp3) is 0.417. The molecule has 0 aliphatic carbocycles. The summed E-state index contributed by atoms with van der Waals surface area (Å²) in [4.78, 5) is 5.32. The van der Waals surface area contributed by atoms with Crippen LogP contribution in [0.4, 0.5) is 0 Å². The van der Waals surface area contributed by atoms with Crippen molar-refractivity contribution in [3.05, 3.63) is 27.5 Å². The molecule has 2 aromatic heterocycles. The lowest BCUT2D eigenvalue weighted by atomic mass is 10.3. The lowest BCUT2D eigenvalue weighted by molar-refractivity contribution is 0.406. The summed E-state index contributed by atoms with van der Waals surface area (Å²) in [6.07, 6.45) is 2.39. The van der Waals surface area contributed by atoms with Crippen LogP contribution in [-0.4, -0.2) is 20.5 Å². The number of aryl methyl sites for hydroxylation is 1. The number of thiazole rings is 1. The van der Waals surface area contributed by atoms with E-state index in [0.717, 1.165) is 21.2 Å². The van der Waals surface area contributed by atoms with E-state index in [1.165, 1.54) is 18.4 Å². The average Bonchev–Trinajstić information content (AvgIpc) is 3.04. The van der Waals surface area contributed by atoms with E-state index in [0.29, 0.717) is 12.2 Å². The molecule has 8 heteroatoms. The van der Waals surface area contributed by atoms with E-state index in [9.17, 15) is 8.42 Å². The van der Waals surface area contributed by atoms with Crippen LogP contribution in [0.25, 0.3) is 0 Å². The minimum Gasteiger partial charge on any atom is -0.494 e. The van der Waals surface area contributed by atoms with Crippen LogP contribution < -0.4 is 9.46 Å². The SMILES string of the molecule is CCC(NS(=O)(=O)c1sccc1OC)c1ncc(C)s1. The number of ether oxygens (including phenoxy) is 1. The van der Waals surface area contributed by atoms with Gasteiger partial charge in [-0.15, -0.1) is 22.7 Å². The molecule has 0 fully saturated rings. The highest BCUT2D eigenvalue weighted by Crippen LogP contribution is 2.31. The van der Waals surface area contributed by atoms with Crippen molar-refractivity contribution < 1.29 is 13.2 Å². The monoisotopic (exact) mass is 332 g/mol. The van der Waals surface area contributed by atoms with Crippen LogP contribution in [0.2, 0.25) is 0 Å². The smallest absolute Gasteiger partial charge is 0.254 e. The van der Waals surface area contributed by atoms with Gasteiger partial charge in [-0.3, -0.25) is 0 Å². The Hall–Kier alpha value is -0.960. The largest absolute Gasteiger partial charge is 0.494 e. The molecule has 2 rings (SSSR count). The molecule has 20 heavy (non-hydrogen) atoms. The number of nitrogens with zero attached hydrogens (tertiary/aromatic N) is 1. The minimum absolute atomic E-state index is 0.201. The predicted octanol–water partition coefficient (Wildman–Crippen LogP) is 2.95. The molecule has 1 atom stereocenters. The second kappa shape index (κ2) is 6.21. The molecule has 0 saturated heterocycles. The number of hydrogen-bond acceptors (Lipinski definition) is 6. The van der Waals surface area contributed by atoms with E-state index in [1.54, 1.807) is 17.6 Å². The van der Waals surface area contributed by atoms with E-state index in [1.807, 2.05) is 13.8 Å².